The lowest BCUT2D eigenvalue weighted by Gasteiger charge is -2.39. The van der Waals surface area contributed by atoms with Crippen LogP contribution < -0.4 is 5.32 Å². The number of aryl methyl sites for hydroxylation is 1. The first-order valence-corrected chi connectivity index (χ1v) is 8.65. The highest BCUT2D eigenvalue weighted by atomic mass is 19.1. The molecule has 0 spiro atoms. The molecule has 3 aromatic rings. The summed E-state index contributed by atoms with van der Waals surface area (Å²) < 4.78 is 16.0. The molecule has 6 heteroatoms. The van der Waals surface area contributed by atoms with Gasteiger partial charge in [0.2, 0.25) is 5.91 Å². The second-order valence-corrected chi connectivity index (χ2v) is 6.64. The maximum absolute atomic E-state index is 14.2. The van der Waals surface area contributed by atoms with Crippen LogP contribution in [0, 0.1) is 12.7 Å². The Morgan fingerprint density at radius 2 is 1.96 bits per heavy atom. The fraction of sp³-hybridized carbons (Fsp3) is 0.250. The molecule has 1 aliphatic carbocycles. The van der Waals surface area contributed by atoms with E-state index in [1.807, 2.05) is 43.3 Å². The molecule has 1 aliphatic rings. The van der Waals surface area contributed by atoms with Gasteiger partial charge >= 0.3 is 0 Å². The number of rotatable bonds is 4. The van der Waals surface area contributed by atoms with Gasteiger partial charge in [-0.15, -0.1) is 5.10 Å². The van der Waals surface area contributed by atoms with Gasteiger partial charge in [-0.1, -0.05) is 24.6 Å². The van der Waals surface area contributed by atoms with Crippen LogP contribution in [-0.2, 0) is 10.2 Å². The summed E-state index contributed by atoms with van der Waals surface area (Å²) in [5.74, 6) is -0.230. The highest BCUT2D eigenvalue weighted by Crippen LogP contribution is 2.44. The molecule has 26 heavy (non-hydrogen) atoms. The van der Waals surface area contributed by atoms with Gasteiger partial charge in [-0.2, -0.15) is 0 Å². The predicted octanol–water partition coefficient (Wildman–Crippen LogP) is 3.78. The first-order chi connectivity index (χ1) is 12.6. The molecule has 1 amide bonds. The van der Waals surface area contributed by atoms with Crippen LogP contribution in [-0.4, -0.2) is 20.7 Å². The molecule has 0 unspecified atom stereocenters. The van der Waals surface area contributed by atoms with E-state index in [-0.39, 0.29) is 11.6 Å². The summed E-state index contributed by atoms with van der Waals surface area (Å²) >= 11 is 0. The molecule has 0 atom stereocenters. The number of benzene rings is 1. The van der Waals surface area contributed by atoms with Crippen molar-refractivity contribution in [3.8, 4) is 5.69 Å². The zero-order valence-electron chi connectivity index (χ0n) is 14.4. The lowest BCUT2D eigenvalue weighted by atomic mass is 9.65. The summed E-state index contributed by atoms with van der Waals surface area (Å²) in [6.07, 6.45) is 3.58. The number of carbonyl (C=O) groups is 1. The normalized spacial score (nSPS) is 15.3. The summed E-state index contributed by atoms with van der Waals surface area (Å²) in [6.45, 7) is 1.92. The maximum Gasteiger partial charge on any atom is 0.237 e. The quantitative estimate of drug-likeness (QED) is 0.779. The van der Waals surface area contributed by atoms with Gasteiger partial charge in [0.15, 0.2) is 5.82 Å². The van der Waals surface area contributed by atoms with E-state index in [4.69, 9.17) is 0 Å². The number of pyridine rings is 1. The fourth-order valence-electron chi connectivity index (χ4n) is 3.44. The third-order valence-electron chi connectivity index (χ3n) is 4.98. The zero-order chi connectivity index (χ0) is 18.1. The Morgan fingerprint density at radius 1 is 1.19 bits per heavy atom. The second kappa shape index (κ2) is 6.37. The summed E-state index contributed by atoms with van der Waals surface area (Å²) in [4.78, 5) is 17.1. The molecular weight excluding hydrogens is 331 g/mol. The average Bonchev–Trinajstić information content (AvgIpc) is 2.96. The minimum atomic E-state index is -0.907. The molecule has 4 rings (SSSR count). The number of hydrogen-bond donors (Lipinski definition) is 1. The maximum atomic E-state index is 14.2. The molecule has 1 fully saturated rings. The molecule has 2 aromatic heterocycles. The van der Waals surface area contributed by atoms with Crippen molar-refractivity contribution >= 4 is 11.7 Å². The highest BCUT2D eigenvalue weighted by molar-refractivity contribution is 5.99. The minimum absolute atomic E-state index is 0.225. The number of nitrogens with one attached hydrogen (secondary N) is 1. The lowest BCUT2D eigenvalue weighted by Crippen LogP contribution is -2.47. The summed E-state index contributed by atoms with van der Waals surface area (Å²) in [7, 11) is 0. The van der Waals surface area contributed by atoms with Gasteiger partial charge in [0, 0.05) is 18.0 Å². The summed E-state index contributed by atoms with van der Waals surface area (Å²) in [5, 5.41) is 7.34. The number of halogens is 1. The van der Waals surface area contributed by atoms with Crippen LogP contribution in [0.3, 0.4) is 0 Å². The SMILES string of the molecule is Cc1cc(NC(=O)C2(c3ncccc3F)CCC2)nn1-c1ccccc1. The van der Waals surface area contributed by atoms with Gasteiger partial charge in [0.25, 0.3) is 0 Å². The number of aromatic nitrogens is 3. The molecule has 0 radical (unpaired) electrons. The number of para-hydroxylation sites is 1. The van der Waals surface area contributed by atoms with Gasteiger partial charge in [-0.05, 0) is 44.0 Å². The van der Waals surface area contributed by atoms with Crippen LogP contribution in [0.4, 0.5) is 10.2 Å². The van der Waals surface area contributed by atoms with E-state index in [0.717, 1.165) is 17.8 Å². The Morgan fingerprint density at radius 3 is 2.62 bits per heavy atom. The molecule has 2 heterocycles. The molecule has 1 saturated carbocycles. The smallest absolute Gasteiger partial charge is 0.237 e. The van der Waals surface area contributed by atoms with Crippen LogP contribution in [0.25, 0.3) is 5.69 Å². The molecule has 1 N–H and O–H groups in total. The van der Waals surface area contributed by atoms with E-state index in [1.165, 1.54) is 18.3 Å². The van der Waals surface area contributed by atoms with Gasteiger partial charge in [0.05, 0.1) is 16.8 Å². The Balaban J connectivity index is 1.62. The number of nitrogens with zero attached hydrogens (tertiary/aromatic N) is 3. The van der Waals surface area contributed by atoms with Crippen molar-refractivity contribution in [2.75, 3.05) is 5.32 Å². The van der Waals surface area contributed by atoms with E-state index in [2.05, 4.69) is 15.4 Å². The van der Waals surface area contributed by atoms with Gasteiger partial charge < -0.3 is 5.32 Å². The molecule has 5 nitrogen and oxygen atoms in total. The summed E-state index contributed by atoms with van der Waals surface area (Å²) in [6, 6.07) is 14.4. The van der Waals surface area contributed by atoms with E-state index in [1.54, 1.807) is 4.68 Å². The largest absolute Gasteiger partial charge is 0.308 e. The van der Waals surface area contributed by atoms with Crippen molar-refractivity contribution in [2.24, 2.45) is 0 Å². The van der Waals surface area contributed by atoms with Crippen LogP contribution >= 0.6 is 0 Å². The molecular formula is C20H19FN4O. The monoisotopic (exact) mass is 350 g/mol. The van der Waals surface area contributed by atoms with Gasteiger partial charge in [-0.25, -0.2) is 9.07 Å². The van der Waals surface area contributed by atoms with Crippen LogP contribution in [0.15, 0.2) is 54.7 Å². The van der Waals surface area contributed by atoms with Gasteiger partial charge in [0.1, 0.15) is 5.82 Å². The van der Waals surface area contributed by atoms with Crippen molar-refractivity contribution in [3.63, 3.8) is 0 Å². The van der Waals surface area contributed by atoms with Crippen molar-refractivity contribution in [2.45, 2.75) is 31.6 Å². The van der Waals surface area contributed by atoms with E-state index >= 15 is 0 Å². The molecule has 132 valence electrons. The topological polar surface area (TPSA) is 59.8 Å². The molecule has 1 aromatic carbocycles. The number of hydrogen-bond acceptors (Lipinski definition) is 3. The highest BCUT2D eigenvalue weighted by Gasteiger charge is 2.48. The standard InChI is InChI=1S/C20H19FN4O/c1-14-13-17(24-25(14)15-7-3-2-4-8-15)23-19(26)20(10-6-11-20)18-16(21)9-5-12-22-18/h2-5,7-9,12-13H,6,10-11H2,1H3,(H,23,24,26). The Hall–Kier alpha value is -3.02. The van der Waals surface area contributed by atoms with Crippen molar-refractivity contribution in [1.29, 1.82) is 0 Å². The zero-order valence-corrected chi connectivity index (χ0v) is 14.4. The predicted molar refractivity (Wildman–Crippen MR) is 96.7 cm³/mol. The Kier molecular flexibility index (Phi) is 4.03. The van der Waals surface area contributed by atoms with Crippen LogP contribution in [0.2, 0.25) is 0 Å². The van der Waals surface area contributed by atoms with Gasteiger partial charge in [-0.3, -0.25) is 9.78 Å². The first kappa shape index (κ1) is 16.4. The summed E-state index contributed by atoms with van der Waals surface area (Å²) in [5.41, 5.74) is 1.14. The van der Waals surface area contributed by atoms with Crippen LogP contribution in [0.1, 0.15) is 30.7 Å². The Labute approximate surface area is 150 Å². The van der Waals surface area contributed by atoms with E-state index in [0.29, 0.717) is 18.7 Å². The number of carbonyl (C=O) groups excluding carboxylic acids is 1. The molecule has 0 aliphatic heterocycles. The third kappa shape index (κ3) is 2.67. The van der Waals surface area contributed by atoms with Crippen molar-refractivity contribution in [1.82, 2.24) is 14.8 Å². The molecule has 0 saturated heterocycles. The average molecular weight is 350 g/mol. The molecule has 0 bridgehead atoms. The second-order valence-electron chi connectivity index (χ2n) is 6.64. The first-order valence-electron chi connectivity index (χ1n) is 8.65. The lowest BCUT2D eigenvalue weighted by molar-refractivity contribution is -0.124. The van der Waals surface area contributed by atoms with Crippen LogP contribution in [0.5, 0.6) is 0 Å². The Bertz CT molecular complexity index is 947. The van der Waals surface area contributed by atoms with Crippen molar-refractivity contribution in [3.05, 3.63) is 71.9 Å². The van der Waals surface area contributed by atoms with Crippen molar-refractivity contribution < 1.29 is 9.18 Å². The van der Waals surface area contributed by atoms with E-state index in [9.17, 15) is 9.18 Å². The third-order valence-corrected chi connectivity index (χ3v) is 4.98. The minimum Gasteiger partial charge on any atom is -0.308 e. The number of amides is 1. The number of anilines is 1. The fourth-order valence-corrected chi connectivity index (χ4v) is 3.44. The van der Waals surface area contributed by atoms with E-state index < -0.39 is 11.2 Å².